The Morgan fingerprint density at radius 2 is 1.77 bits per heavy atom. The molecule has 3 aromatic rings. The molecule has 3 rings (SSSR count). The predicted octanol–water partition coefficient (Wildman–Crippen LogP) is 3.64. The van der Waals surface area contributed by atoms with Crippen LogP contribution in [0.25, 0.3) is 11.1 Å². The molecule has 0 unspecified atom stereocenters. The van der Waals surface area contributed by atoms with Crippen LogP contribution in [0.15, 0.2) is 57.7 Å². The third-order valence-electron chi connectivity index (χ3n) is 4.55. The van der Waals surface area contributed by atoms with Crippen molar-refractivity contribution in [2.45, 2.75) is 26.8 Å². The van der Waals surface area contributed by atoms with Gasteiger partial charge < -0.3 is 14.6 Å². The molecule has 1 aromatic heterocycles. The number of nitrogens with zero attached hydrogens (tertiary/aromatic N) is 2. The lowest BCUT2D eigenvalue weighted by Crippen LogP contribution is -2.29. The Labute approximate surface area is 152 Å². The van der Waals surface area contributed by atoms with Crippen molar-refractivity contribution in [2.75, 3.05) is 23.3 Å². The molecule has 0 saturated heterocycles. The molecule has 0 fully saturated rings. The first-order valence-electron chi connectivity index (χ1n) is 8.81. The highest BCUT2D eigenvalue weighted by Crippen LogP contribution is 2.20. The Hall–Kier alpha value is -3.02. The lowest BCUT2D eigenvalue weighted by atomic mass is 10.2. The number of anilines is 2. The van der Waals surface area contributed by atoms with Crippen molar-refractivity contribution in [3.63, 3.8) is 0 Å². The van der Waals surface area contributed by atoms with Crippen molar-refractivity contribution in [1.82, 2.24) is 4.57 Å². The quantitative estimate of drug-likeness (QED) is 0.735. The summed E-state index contributed by atoms with van der Waals surface area (Å²) >= 11 is 0. The highest BCUT2D eigenvalue weighted by molar-refractivity contribution is 5.94. The standard InChI is InChI=1S/C20H23N3O3/c1-4-22(5-2)16-12-10-15(11-13-16)21-19(24)14(3)23-17-8-6-7-9-18(17)26-20(23)25/h6-14H,4-5H2,1-3H3,(H,21,24)/t14-/m1/s1. The summed E-state index contributed by atoms with van der Waals surface area (Å²) < 4.78 is 6.58. The molecule has 136 valence electrons. The van der Waals surface area contributed by atoms with Gasteiger partial charge in [0.05, 0.1) is 5.52 Å². The number of hydrogen-bond donors (Lipinski definition) is 1. The molecule has 0 aliphatic carbocycles. The highest BCUT2D eigenvalue weighted by Gasteiger charge is 2.21. The molecule has 1 atom stereocenters. The number of amides is 1. The highest BCUT2D eigenvalue weighted by atomic mass is 16.4. The van der Waals surface area contributed by atoms with Gasteiger partial charge in [0.1, 0.15) is 6.04 Å². The molecule has 0 saturated carbocycles. The van der Waals surface area contributed by atoms with Crippen LogP contribution in [0.3, 0.4) is 0 Å². The van der Waals surface area contributed by atoms with Crippen molar-refractivity contribution < 1.29 is 9.21 Å². The van der Waals surface area contributed by atoms with Gasteiger partial charge in [-0.3, -0.25) is 9.36 Å². The molecule has 1 N–H and O–H groups in total. The van der Waals surface area contributed by atoms with E-state index in [0.717, 1.165) is 18.8 Å². The summed E-state index contributed by atoms with van der Waals surface area (Å²) in [6.07, 6.45) is 0. The second-order valence-electron chi connectivity index (χ2n) is 6.09. The van der Waals surface area contributed by atoms with Crippen LogP contribution in [-0.2, 0) is 4.79 Å². The molecule has 0 aliphatic heterocycles. The summed E-state index contributed by atoms with van der Waals surface area (Å²) in [5.74, 6) is -0.806. The van der Waals surface area contributed by atoms with Crippen LogP contribution in [0.2, 0.25) is 0 Å². The minimum atomic E-state index is -0.686. The van der Waals surface area contributed by atoms with Crippen LogP contribution in [0.4, 0.5) is 11.4 Å². The zero-order chi connectivity index (χ0) is 18.7. The first kappa shape index (κ1) is 17.8. The smallest absolute Gasteiger partial charge is 0.408 e. The fraction of sp³-hybridized carbons (Fsp3) is 0.300. The number of rotatable bonds is 6. The third kappa shape index (κ3) is 3.35. The van der Waals surface area contributed by atoms with E-state index in [1.165, 1.54) is 4.57 Å². The fourth-order valence-corrected chi connectivity index (χ4v) is 3.06. The number of nitrogens with one attached hydrogen (secondary N) is 1. The molecule has 26 heavy (non-hydrogen) atoms. The van der Waals surface area contributed by atoms with Gasteiger partial charge >= 0.3 is 5.76 Å². The summed E-state index contributed by atoms with van der Waals surface area (Å²) in [5.41, 5.74) is 2.88. The summed E-state index contributed by atoms with van der Waals surface area (Å²) in [6, 6.07) is 14.1. The predicted molar refractivity (Wildman–Crippen MR) is 104 cm³/mol. The second-order valence-corrected chi connectivity index (χ2v) is 6.09. The van der Waals surface area contributed by atoms with Gasteiger partial charge in [-0.2, -0.15) is 0 Å². The van der Waals surface area contributed by atoms with E-state index in [2.05, 4.69) is 24.1 Å². The minimum absolute atomic E-state index is 0.269. The Kier molecular flexibility index (Phi) is 5.11. The van der Waals surface area contributed by atoms with Gasteiger partial charge in [-0.15, -0.1) is 0 Å². The lowest BCUT2D eigenvalue weighted by molar-refractivity contribution is -0.118. The van der Waals surface area contributed by atoms with Crippen molar-refractivity contribution in [1.29, 1.82) is 0 Å². The van der Waals surface area contributed by atoms with E-state index in [1.54, 1.807) is 25.1 Å². The number of hydrogen-bond acceptors (Lipinski definition) is 4. The maximum absolute atomic E-state index is 12.6. The normalized spacial score (nSPS) is 12.1. The van der Waals surface area contributed by atoms with Gasteiger partial charge in [0.2, 0.25) is 5.91 Å². The van der Waals surface area contributed by atoms with Crippen molar-refractivity contribution >= 4 is 28.4 Å². The SMILES string of the molecule is CCN(CC)c1ccc(NC(=O)[C@@H](C)n2c(=O)oc3ccccc32)cc1. The van der Waals surface area contributed by atoms with Crippen molar-refractivity contribution in [3.8, 4) is 0 Å². The van der Waals surface area contributed by atoms with E-state index in [0.29, 0.717) is 16.8 Å². The molecule has 0 spiro atoms. The van der Waals surface area contributed by atoms with Crippen LogP contribution >= 0.6 is 0 Å². The third-order valence-corrected chi connectivity index (χ3v) is 4.55. The van der Waals surface area contributed by atoms with Gasteiger partial charge in [0.15, 0.2) is 5.58 Å². The largest absolute Gasteiger partial charge is 0.420 e. The number of carbonyl (C=O) groups excluding carboxylic acids is 1. The Bertz CT molecular complexity index is 952. The first-order valence-corrected chi connectivity index (χ1v) is 8.81. The van der Waals surface area contributed by atoms with Crippen LogP contribution in [0.1, 0.15) is 26.8 Å². The van der Waals surface area contributed by atoms with Gasteiger partial charge in [0, 0.05) is 24.5 Å². The van der Waals surface area contributed by atoms with Crippen molar-refractivity contribution in [3.05, 3.63) is 59.1 Å². The Morgan fingerprint density at radius 1 is 1.12 bits per heavy atom. The molecule has 2 aromatic carbocycles. The Morgan fingerprint density at radius 3 is 2.42 bits per heavy atom. The lowest BCUT2D eigenvalue weighted by Gasteiger charge is -2.21. The van der Waals surface area contributed by atoms with E-state index >= 15 is 0 Å². The minimum Gasteiger partial charge on any atom is -0.408 e. The first-order chi connectivity index (χ1) is 12.5. The maximum Gasteiger partial charge on any atom is 0.420 e. The molecule has 1 amide bonds. The zero-order valence-corrected chi connectivity index (χ0v) is 15.2. The van der Waals surface area contributed by atoms with Crippen LogP contribution in [-0.4, -0.2) is 23.6 Å². The molecule has 6 heteroatoms. The molecule has 0 bridgehead atoms. The fourth-order valence-electron chi connectivity index (χ4n) is 3.06. The zero-order valence-electron chi connectivity index (χ0n) is 15.2. The summed E-state index contributed by atoms with van der Waals surface area (Å²) in [4.78, 5) is 27.0. The molecular formula is C20H23N3O3. The number of oxazole rings is 1. The van der Waals surface area contributed by atoms with E-state index in [-0.39, 0.29) is 5.91 Å². The van der Waals surface area contributed by atoms with E-state index in [1.807, 2.05) is 30.3 Å². The van der Waals surface area contributed by atoms with Gasteiger partial charge in [0.25, 0.3) is 0 Å². The number of para-hydroxylation sites is 2. The van der Waals surface area contributed by atoms with E-state index in [9.17, 15) is 9.59 Å². The second kappa shape index (κ2) is 7.47. The van der Waals surface area contributed by atoms with Crippen LogP contribution in [0, 0.1) is 0 Å². The van der Waals surface area contributed by atoms with Crippen LogP contribution in [0.5, 0.6) is 0 Å². The average molecular weight is 353 g/mol. The van der Waals surface area contributed by atoms with E-state index in [4.69, 9.17) is 4.42 Å². The number of benzene rings is 2. The number of fused-ring (bicyclic) bond motifs is 1. The molecule has 0 aliphatic rings. The van der Waals surface area contributed by atoms with E-state index < -0.39 is 11.8 Å². The number of carbonyl (C=O) groups is 1. The number of aromatic nitrogens is 1. The van der Waals surface area contributed by atoms with Gasteiger partial charge in [-0.05, 0) is 57.2 Å². The summed E-state index contributed by atoms with van der Waals surface area (Å²) in [5, 5.41) is 2.87. The molecule has 1 heterocycles. The molecule has 0 radical (unpaired) electrons. The Balaban J connectivity index is 1.79. The average Bonchev–Trinajstić information content (AvgIpc) is 2.99. The monoisotopic (exact) mass is 353 g/mol. The topological polar surface area (TPSA) is 67.5 Å². The summed E-state index contributed by atoms with van der Waals surface area (Å²) in [6.45, 7) is 7.75. The molecular weight excluding hydrogens is 330 g/mol. The van der Waals surface area contributed by atoms with Gasteiger partial charge in [-0.1, -0.05) is 12.1 Å². The van der Waals surface area contributed by atoms with Crippen LogP contribution < -0.4 is 16.0 Å². The summed E-state index contributed by atoms with van der Waals surface area (Å²) in [7, 11) is 0. The van der Waals surface area contributed by atoms with Crippen molar-refractivity contribution in [2.24, 2.45) is 0 Å². The molecule has 6 nitrogen and oxygen atoms in total. The maximum atomic E-state index is 12.6. The van der Waals surface area contributed by atoms with Gasteiger partial charge in [-0.25, -0.2) is 4.79 Å².